The summed E-state index contributed by atoms with van der Waals surface area (Å²) in [6, 6.07) is 6.05. The maximum absolute atomic E-state index is 12.0. The van der Waals surface area contributed by atoms with Crippen LogP contribution in [0.1, 0.15) is 6.42 Å². The van der Waals surface area contributed by atoms with Crippen LogP contribution < -0.4 is 10.1 Å². The van der Waals surface area contributed by atoms with Gasteiger partial charge in [0.25, 0.3) is 0 Å². The van der Waals surface area contributed by atoms with Gasteiger partial charge in [0.05, 0.1) is 0 Å². The summed E-state index contributed by atoms with van der Waals surface area (Å²) in [5.74, 6) is -2.30. The molecule has 1 N–H and O–H groups in total. The second-order valence-electron chi connectivity index (χ2n) is 4.09. The zero-order chi connectivity index (χ0) is 13.9. The molecular formula is C12H12F3NO2S. The fourth-order valence-electron chi connectivity index (χ4n) is 1.67. The molecule has 1 heterocycles. The molecule has 1 atom stereocenters. The van der Waals surface area contributed by atoms with E-state index < -0.39 is 12.1 Å². The van der Waals surface area contributed by atoms with Gasteiger partial charge in [-0.15, -0.1) is 11.8 Å². The number of carbonyl (C=O) groups excluding carboxylic acids is 1. The average molecular weight is 291 g/mol. The molecule has 19 heavy (non-hydrogen) atoms. The number of alkyl halides is 3. The number of ether oxygens (including phenoxy) is 1. The van der Waals surface area contributed by atoms with Crippen LogP contribution in [-0.2, 0) is 4.79 Å². The van der Waals surface area contributed by atoms with Gasteiger partial charge in [-0.05, 0) is 37.2 Å². The van der Waals surface area contributed by atoms with Crippen LogP contribution in [0.25, 0.3) is 0 Å². The number of benzene rings is 1. The van der Waals surface area contributed by atoms with Crippen molar-refractivity contribution < 1.29 is 22.7 Å². The van der Waals surface area contributed by atoms with E-state index in [2.05, 4.69) is 10.1 Å². The van der Waals surface area contributed by atoms with Gasteiger partial charge in [0.2, 0.25) is 0 Å². The van der Waals surface area contributed by atoms with Gasteiger partial charge in [0.15, 0.2) is 0 Å². The van der Waals surface area contributed by atoms with Crippen LogP contribution in [0, 0.1) is 0 Å². The van der Waals surface area contributed by atoms with Crippen molar-refractivity contribution in [3.63, 3.8) is 0 Å². The molecule has 1 fully saturated rings. The monoisotopic (exact) mass is 291 g/mol. The van der Waals surface area contributed by atoms with Crippen molar-refractivity contribution in [2.75, 3.05) is 13.1 Å². The first-order chi connectivity index (χ1) is 8.95. The third kappa shape index (κ3) is 4.14. The van der Waals surface area contributed by atoms with Gasteiger partial charge in [0.1, 0.15) is 5.75 Å². The Morgan fingerprint density at radius 1 is 1.32 bits per heavy atom. The van der Waals surface area contributed by atoms with E-state index in [1.807, 2.05) is 0 Å². The molecule has 1 saturated heterocycles. The van der Waals surface area contributed by atoms with Crippen LogP contribution in [0.4, 0.5) is 13.2 Å². The fraction of sp³-hybridized carbons (Fsp3) is 0.417. The van der Waals surface area contributed by atoms with Crippen molar-refractivity contribution >= 4 is 17.7 Å². The molecule has 1 aliphatic heterocycles. The van der Waals surface area contributed by atoms with E-state index in [-0.39, 0.29) is 5.75 Å². The second-order valence-corrected chi connectivity index (χ2v) is 5.47. The Kier molecular flexibility index (Phi) is 4.36. The molecule has 0 aliphatic carbocycles. The minimum absolute atomic E-state index is 0.101. The Morgan fingerprint density at radius 2 is 2.00 bits per heavy atom. The normalized spacial score (nSPS) is 19.4. The molecule has 0 amide bonds. The zero-order valence-electron chi connectivity index (χ0n) is 9.87. The van der Waals surface area contributed by atoms with E-state index in [1.54, 1.807) is 23.9 Å². The van der Waals surface area contributed by atoms with Crippen LogP contribution in [-0.4, -0.2) is 30.5 Å². The summed E-state index contributed by atoms with van der Waals surface area (Å²) in [7, 11) is 0. The van der Waals surface area contributed by atoms with Crippen molar-refractivity contribution in [3.05, 3.63) is 24.3 Å². The summed E-state index contributed by atoms with van der Waals surface area (Å²) >= 11 is 1.66. The third-order valence-corrected chi connectivity index (χ3v) is 3.86. The van der Waals surface area contributed by atoms with Crippen LogP contribution in [0.15, 0.2) is 29.2 Å². The Balaban J connectivity index is 1.92. The highest BCUT2D eigenvalue weighted by Crippen LogP contribution is 2.29. The predicted molar refractivity (Wildman–Crippen MR) is 65.3 cm³/mol. The number of esters is 1. The molecule has 0 saturated carbocycles. The molecule has 104 valence electrons. The van der Waals surface area contributed by atoms with Crippen molar-refractivity contribution in [1.82, 2.24) is 5.32 Å². The lowest BCUT2D eigenvalue weighted by Crippen LogP contribution is -2.27. The molecule has 1 aromatic rings. The Bertz CT molecular complexity index is 441. The Hall–Kier alpha value is -1.21. The molecule has 1 aromatic carbocycles. The topological polar surface area (TPSA) is 38.3 Å². The summed E-state index contributed by atoms with van der Waals surface area (Å²) in [6.45, 7) is 1.91. The summed E-state index contributed by atoms with van der Waals surface area (Å²) < 4.78 is 40.2. The van der Waals surface area contributed by atoms with Gasteiger partial charge in [0, 0.05) is 16.7 Å². The first-order valence-electron chi connectivity index (χ1n) is 5.71. The standard InChI is InChI=1S/C12H12F3NO2S/c13-12(14,15)11(17)18-8-1-3-9(4-2-8)19-10-5-6-16-7-10/h1-4,10,16H,5-7H2. The van der Waals surface area contributed by atoms with Gasteiger partial charge >= 0.3 is 12.1 Å². The number of nitrogens with one attached hydrogen (secondary N) is 1. The fourth-order valence-corrected chi connectivity index (χ4v) is 2.79. The lowest BCUT2D eigenvalue weighted by molar-refractivity contribution is -0.189. The molecule has 1 unspecified atom stereocenters. The molecule has 0 aromatic heterocycles. The van der Waals surface area contributed by atoms with E-state index in [0.29, 0.717) is 5.25 Å². The van der Waals surface area contributed by atoms with E-state index in [0.717, 1.165) is 24.4 Å². The minimum Gasteiger partial charge on any atom is -0.420 e. The van der Waals surface area contributed by atoms with E-state index in [9.17, 15) is 18.0 Å². The number of carbonyl (C=O) groups is 1. The first kappa shape index (κ1) is 14.2. The van der Waals surface area contributed by atoms with Gasteiger partial charge in [-0.3, -0.25) is 0 Å². The molecule has 1 aliphatic rings. The van der Waals surface area contributed by atoms with Crippen LogP contribution in [0.3, 0.4) is 0 Å². The first-order valence-corrected chi connectivity index (χ1v) is 6.59. The van der Waals surface area contributed by atoms with Crippen molar-refractivity contribution in [3.8, 4) is 5.75 Å². The number of thioether (sulfide) groups is 1. The smallest absolute Gasteiger partial charge is 0.420 e. The Labute approximate surface area is 112 Å². The zero-order valence-corrected chi connectivity index (χ0v) is 10.7. The lowest BCUT2D eigenvalue weighted by Gasteiger charge is -2.09. The molecular weight excluding hydrogens is 279 g/mol. The second kappa shape index (κ2) is 5.83. The molecule has 0 spiro atoms. The predicted octanol–water partition coefficient (Wildman–Crippen LogP) is 2.61. The number of hydrogen-bond acceptors (Lipinski definition) is 4. The lowest BCUT2D eigenvalue weighted by atomic mass is 10.3. The SMILES string of the molecule is O=C(Oc1ccc(SC2CCNC2)cc1)C(F)(F)F. The Morgan fingerprint density at radius 3 is 2.53 bits per heavy atom. The molecule has 7 heteroatoms. The third-order valence-electron chi connectivity index (χ3n) is 2.58. The molecule has 0 bridgehead atoms. The van der Waals surface area contributed by atoms with E-state index in [4.69, 9.17) is 0 Å². The van der Waals surface area contributed by atoms with Crippen molar-refractivity contribution in [2.45, 2.75) is 22.7 Å². The van der Waals surface area contributed by atoms with Crippen LogP contribution in [0.2, 0.25) is 0 Å². The van der Waals surface area contributed by atoms with Gasteiger partial charge < -0.3 is 10.1 Å². The summed E-state index contributed by atoms with van der Waals surface area (Å²) in [5.41, 5.74) is 0. The van der Waals surface area contributed by atoms with Crippen molar-refractivity contribution in [2.24, 2.45) is 0 Å². The summed E-state index contributed by atoms with van der Waals surface area (Å²) in [5, 5.41) is 3.71. The quantitative estimate of drug-likeness (QED) is 0.686. The minimum atomic E-state index is -4.97. The maximum atomic E-state index is 12.0. The average Bonchev–Trinajstić information content (AvgIpc) is 2.83. The largest absolute Gasteiger partial charge is 0.491 e. The highest BCUT2D eigenvalue weighted by molar-refractivity contribution is 8.00. The van der Waals surface area contributed by atoms with Crippen LogP contribution >= 0.6 is 11.8 Å². The summed E-state index contributed by atoms with van der Waals surface area (Å²) in [4.78, 5) is 11.6. The molecule has 3 nitrogen and oxygen atoms in total. The highest BCUT2D eigenvalue weighted by Gasteiger charge is 2.41. The van der Waals surface area contributed by atoms with Gasteiger partial charge in [-0.1, -0.05) is 0 Å². The number of halogens is 3. The van der Waals surface area contributed by atoms with Gasteiger partial charge in [-0.2, -0.15) is 13.2 Å². The van der Waals surface area contributed by atoms with E-state index >= 15 is 0 Å². The highest BCUT2D eigenvalue weighted by atomic mass is 32.2. The van der Waals surface area contributed by atoms with E-state index in [1.165, 1.54) is 12.1 Å². The van der Waals surface area contributed by atoms with Crippen molar-refractivity contribution in [1.29, 1.82) is 0 Å². The summed E-state index contributed by atoms with van der Waals surface area (Å²) in [6.07, 6.45) is -3.90. The molecule has 0 radical (unpaired) electrons. The number of hydrogen-bond donors (Lipinski definition) is 1. The molecule has 2 rings (SSSR count). The number of rotatable bonds is 3. The van der Waals surface area contributed by atoms with Crippen LogP contribution in [0.5, 0.6) is 5.75 Å². The van der Waals surface area contributed by atoms with Gasteiger partial charge in [-0.25, -0.2) is 4.79 Å². The maximum Gasteiger partial charge on any atom is 0.491 e.